The number of carbonyl (C=O) groups is 1. The highest BCUT2D eigenvalue weighted by Crippen LogP contribution is 2.38. The third-order valence-corrected chi connectivity index (χ3v) is 3.23. The van der Waals surface area contributed by atoms with Crippen LogP contribution in [0.1, 0.15) is 6.42 Å². The zero-order valence-corrected chi connectivity index (χ0v) is 9.47. The van der Waals surface area contributed by atoms with Crippen LogP contribution in [0.4, 0.5) is 5.69 Å². The zero-order chi connectivity index (χ0) is 12.7. The van der Waals surface area contributed by atoms with Crippen molar-refractivity contribution >= 4 is 22.8 Å². The number of hydrogen-bond acceptors (Lipinski definition) is 4. The number of aromatic amines is 1. The number of nitrogens with one attached hydrogen (secondary N) is 2. The average Bonchev–Trinajstić information content (AvgIpc) is 3.01. The Balaban J connectivity index is 1.68. The number of H-pyrrole nitrogens is 1. The molecular weight excluding hydrogens is 236 g/mol. The van der Waals surface area contributed by atoms with E-state index in [4.69, 9.17) is 9.52 Å². The maximum absolute atomic E-state index is 11.0. The van der Waals surface area contributed by atoms with Crippen LogP contribution in [0.2, 0.25) is 0 Å². The van der Waals surface area contributed by atoms with Gasteiger partial charge >= 0.3 is 11.7 Å². The highest BCUT2D eigenvalue weighted by molar-refractivity contribution is 5.77. The van der Waals surface area contributed by atoms with E-state index >= 15 is 0 Å². The molecule has 0 spiro atoms. The first-order chi connectivity index (χ1) is 8.63. The van der Waals surface area contributed by atoms with E-state index in [0.717, 1.165) is 12.1 Å². The molecule has 0 radical (unpaired) electrons. The predicted octanol–water partition coefficient (Wildman–Crippen LogP) is 1.25. The largest absolute Gasteiger partial charge is 0.481 e. The Hall–Kier alpha value is -2.24. The molecule has 6 heteroatoms. The summed E-state index contributed by atoms with van der Waals surface area (Å²) in [4.78, 5) is 24.2. The SMILES string of the molecule is O=C(O)C1CC1CNc1ccc2oc(=O)[nH]c2c1. The highest BCUT2D eigenvalue weighted by Gasteiger charge is 2.42. The summed E-state index contributed by atoms with van der Waals surface area (Å²) in [6.07, 6.45) is 0.729. The molecule has 3 N–H and O–H groups in total. The Morgan fingerprint density at radius 3 is 3.11 bits per heavy atom. The first-order valence-electron chi connectivity index (χ1n) is 5.73. The van der Waals surface area contributed by atoms with Gasteiger partial charge in [0.2, 0.25) is 0 Å². The first kappa shape index (κ1) is 10.9. The number of rotatable bonds is 4. The first-order valence-corrected chi connectivity index (χ1v) is 5.73. The zero-order valence-electron chi connectivity index (χ0n) is 9.47. The van der Waals surface area contributed by atoms with E-state index in [-0.39, 0.29) is 11.8 Å². The molecule has 0 amide bonds. The Kier molecular flexibility index (Phi) is 2.36. The second-order valence-electron chi connectivity index (χ2n) is 4.55. The number of anilines is 1. The van der Waals surface area contributed by atoms with Gasteiger partial charge in [0.05, 0.1) is 11.4 Å². The number of fused-ring (bicyclic) bond motifs is 1. The van der Waals surface area contributed by atoms with Gasteiger partial charge in [0, 0.05) is 12.2 Å². The maximum Gasteiger partial charge on any atom is 0.417 e. The second kappa shape index (κ2) is 3.90. The number of oxazole rings is 1. The van der Waals surface area contributed by atoms with Crippen LogP contribution >= 0.6 is 0 Å². The van der Waals surface area contributed by atoms with E-state index in [1.54, 1.807) is 18.2 Å². The number of aliphatic carboxylic acids is 1. The molecule has 1 fully saturated rings. The van der Waals surface area contributed by atoms with Crippen LogP contribution in [0.3, 0.4) is 0 Å². The van der Waals surface area contributed by atoms with Gasteiger partial charge in [0.15, 0.2) is 5.58 Å². The van der Waals surface area contributed by atoms with E-state index in [9.17, 15) is 9.59 Å². The van der Waals surface area contributed by atoms with Gasteiger partial charge in [-0.05, 0) is 30.5 Å². The maximum atomic E-state index is 11.0. The minimum Gasteiger partial charge on any atom is -0.481 e. The van der Waals surface area contributed by atoms with Gasteiger partial charge in [-0.1, -0.05) is 0 Å². The summed E-state index contributed by atoms with van der Waals surface area (Å²) in [6.45, 7) is 0.630. The number of carboxylic acids is 1. The molecule has 2 aromatic rings. The lowest BCUT2D eigenvalue weighted by molar-refractivity contribution is -0.138. The van der Waals surface area contributed by atoms with E-state index in [2.05, 4.69) is 10.3 Å². The van der Waals surface area contributed by atoms with Gasteiger partial charge < -0.3 is 14.8 Å². The summed E-state index contributed by atoms with van der Waals surface area (Å²) >= 11 is 0. The minimum absolute atomic E-state index is 0.196. The van der Waals surface area contributed by atoms with Crippen molar-refractivity contribution in [2.45, 2.75) is 6.42 Å². The van der Waals surface area contributed by atoms with Crippen molar-refractivity contribution in [3.63, 3.8) is 0 Å². The Labute approximate surface area is 102 Å². The number of benzene rings is 1. The average molecular weight is 248 g/mol. The van der Waals surface area contributed by atoms with Crippen molar-refractivity contribution in [3.8, 4) is 0 Å². The summed E-state index contributed by atoms with van der Waals surface area (Å²) in [6, 6.07) is 5.28. The van der Waals surface area contributed by atoms with Crippen molar-refractivity contribution in [3.05, 3.63) is 28.7 Å². The van der Waals surface area contributed by atoms with Crippen molar-refractivity contribution in [1.82, 2.24) is 4.98 Å². The van der Waals surface area contributed by atoms with Crippen molar-refractivity contribution < 1.29 is 14.3 Å². The van der Waals surface area contributed by atoms with Crippen LogP contribution in [0, 0.1) is 11.8 Å². The second-order valence-corrected chi connectivity index (χ2v) is 4.55. The van der Waals surface area contributed by atoms with Gasteiger partial charge in [-0.15, -0.1) is 0 Å². The van der Waals surface area contributed by atoms with Gasteiger partial charge in [0.1, 0.15) is 0 Å². The molecule has 1 aliphatic rings. The fourth-order valence-electron chi connectivity index (χ4n) is 2.09. The van der Waals surface area contributed by atoms with Crippen molar-refractivity contribution in [2.75, 3.05) is 11.9 Å². The lowest BCUT2D eigenvalue weighted by Gasteiger charge is -2.04. The molecule has 0 aliphatic heterocycles. The fourth-order valence-corrected chi connectivity index (χ4v) is 2.09. The van der Waals surface area contributed by atoms with Crippen LogP contribution in [0.15, 0.2) is 27.4 Å². The van der Waals surface area contributed by atoms with Crippen LogP contribution < -0.4 is 11.1 Å². The molecule has 2 atom stereocenters. The lowest BCUT2D eigenvalue weighted by atomic mass is 10.2. The van der Waals surface area contributed by atoms with Crippen LogP contribution in [0.5, 0.6) is 0 Å². The summed E-state index contributed by atoms with van der Waals surface area (Å²) < 4.78 is 4.89. The summed E-state index contributed by atoms with van der Waals surface area (Å²) in [5.41, 5.74) is 1.99. The van der Waals surface area contributed by atoms with Gasteiger partial charge in [-0.25, -0.2) is 4.79 Å². The van der Waals surface area contributed by atoms with E-state index in [1.807, 2.05) is 0 Å². The molecule has 2 unspecified atom stereocenters. The number of carboxylic acid groups (broad SMARTS) is 1. The molecule has 0 bridgehead atoms. The van der Waals surface area contributed by atoms with Crippen LogP contribution in [-0.2, 0) is 4.79 Å². The number of aromatic nitrogens is 1. The normalized spacial score (nSPS) is 22.0. The molecular formula is C12H12N2O4. The highest BCUT2D eigenvalue weighted by atomic mass is 16.4. The molecule has 1 aromatic heterocycles. The molecule has 1 saturated carbocycles. The number of hydrogen-bond donors (Lipinski definition) is 3. The minimum atomic E-state index is -0.726. The van der Waals surface area contributed by atoms with E-state index < -0.39 is 11.7 Å². The Bertz CT molecular complexity index is 657. The molecule has 3 rings (SSSR count). The summed E-state index contributed by atoms with van der Waals surface area (Å²) in [5.74, 6) is -1.22. The van der Waals surface area contributed by atoms with Gasteiger partial charge in [0.25, 0.3) is 0 Å². The van der Waals surface area contributed by atoms with Crippen molar-refractivity contribution in [2.24, 2.45) is 11.8 Å². The van der Waals surface area contributed by atoms with E-state index in [1.165, 1.54) is 0 Å². The molecule has 1 heterocycles. The summed E-state index contributed by atoms with van der Waals surface area (Å²) in [5, 5.41) is 12.0. The third kappa shape index (κ3) is 1.97. The predicted molar refractivity (Wildman–Crippen MR) is 64.6 cm³/mol. The van der Waals surface area contributed by atoms with Gasteiger partial charge in [-0.2, -0.15) is 0 Å². The topological polar surface area (TPSA) is 95.3 Å². The van der Waals surface area contributed by atoms with Gasteiger partial charge in [-0.3, -0.25) is 9.78 Å². The quantitative estimate of drug-likeness (QED) is 0.756. The van der Waals surface area contributed by atoms with Crippen LogP contribution in [0.25, 0.3) is 11.1 Å². The third-order valence-electron chi connectivity index (χ3n) is 3.23. The molecule has 94 valence electrons. The molecule has 18 heavy (non-hydrogen) atoms. The lowest BCUT2D eigenvalue weighted by Crippen LogP contribution is -2.08. The van der Waals surface area contributed by atoms with E-state index in [0.29, 0.717) is 17.6 Å². The van der Waals surface area contributed by atoms with Crippen LogP contribution in [-0.4, -0.2) is 22.6 Å². The molecule has 1 aliphatic carbocycles. The standard InChI is InChI=1S/C12H12N2O4/c15-11(16)8-3-6(8)5-13-7-1-2-10-9(4-7)14-12(17)18-10/h1-2,4,6,8,13H,3,5H2,(H,14,17)(H,15,16). The fraction of sp³-hybridized carbons (Fsp3) is 0.333. The van der Waals surface area contributed by atoms with Crippen molar-refractivity contribution in [1.29, 1.82) is 0 Å². The molecule has 1 aromatic carbocycles. The Morgan fingerprint density at radius 1 is 1.56 bits per heavy atom. The Morgan fingerprint density at radius 2 is 2.39 bits per heavy atom. The monoisotopic (exact) mass is 248 g/mol. The smallest absolute Gasteiger partial charge is 0.417 e. The summed E-state index contributed by atoms with van der Waals surface area (Å²) in [7, 11) is 0. The molecule has 0 saturated heterocycles. The molecule has 6 nitrogen and oxygen atoms in total.